The Bertz CT molecular complexity index is 1310. The zero-order valence-corrected chi connectivity index (χ0v) is 19.9. The molecule has 1 fully saturated rings. The van der Waals surface area contributed by atoms with E-state index in [2.05, 4.69) is 36.6 Å². The molecule has 0 atom stereocenters. The zero-order valence-electron chi connectivity index (χ0n) is 19.1. The van der Waals surface area contributed by atoms with Crippen LogP contribution in [0.2, 0.25) is 0 Å². The lowest BCUT2D eigenvalue weighted by Gasteiger charge is -2.24. The van der Waals surface area contributed by atoms with Crippen molar-refractivity contribution in [2.75, 3.05) is 25.0 Å². The van der Waals surface area contributed by atoms with Crippen molar-refractivity contribution >= 4 is 28.3 Å². The fraction of sp³-hybridized carbons (Fsp3) is 0.231. The Labute approximate surface area is 207 Å². The van der Waals surface area contributed by atoms with Crippen molar-refractivity contribution in [2.45, 2.75) is 18.9 Å². The van der Waals surface area contributed by atoms with E-state index in [0.717, 1.165) is 48.3 Å². The van der Waals surface area contributed by atoms with Crippen molar-refractivity contribution in [3.8, 4) is 22.4 Å². The number of nitrogens with one attached hydrogen (secondary N) is 3. The van der Waals surface area contributed by atoms with Crippen molar-refractivity contribution in [3.63, 3.8) is 0 Å². The van der Waals surface area contributed by atoms with Crippen molar-refractivity contribution in [1.82, 2.24) is 25.2 Å². The average Bonchev–Trinajstić information content (AvgIpc) is 3.59. The minimum absolute atomic E-state index is 0.121. The molecule has 0 saturated carbocycles. The first-order valence-corrected chi connectivity index (χ1v) is 12.5. The Balaban J connectivity index is 1.16. The average molecular weight is 487 g/mol. The molecule has 0 unspecified atom stereocenters. The molecule has 2 amide bonds. The van der Waals surface area contributed by atoms with Gasteiger partial charge in [0.1, 0.15) is 0 Å². The van der Waals surface area contributed by atoms with Crippen LogP contribution in [0, 0.1) is 0 Å². The molecule has 8 nitrogen and oxygen atoms in total. The molecule has 1 saturated heterocycles. The normalized spacial score (nSPS) is 13.9. The maximum Gasteiger partial charge on any atom is 0.253 e. The highest BCUT2D eigenvalue weighted by atomic mass is 32.1. The summed E-state index contributed by atoms with van der Waals surface area (Å²) in [6.45, 7) is 1.85. The number of piperidine rings is 1. The Morgan fingerprint density at radius 3 is 2.69 bits per heavy atom. The fourth-order valence-corrected chi connectivity index (χ4v) is 4.91. The van der Waals surface area contributed by atoms with E-state index in [9.17, 15) is 9.59 Å². The second-order valence-electron chi connectivity index (χ2n) is 8.41. The fourth-order valence-electron chi connectivity index (χ4n) is 4.17. The van der Waals surface area contributed by atoms with Gasteiger partial charge in [0.15, 0.2) is 5.13 Å². The third-order valence-electron chi connectivity index (χ3n) is 6.04. The summed E-state index contributed by atoms with van der Waals surface area (Å²) in [5.74, 6) is -0.580. The highest BCUT2D eigenvalue weighted by Gasteiger charge is 2.17. The lowest BCUT2D eigenvalue weighted by Crippen LogP contribution is -2.32. The topological polar surface area (TPSA) is 101 Å². The minimum Gasteiger partial charge on any atom is -0.350 e. The van der Waals surface area contributed by atoms with E-state index >= 15 is 0 Å². The van der Waals surface area contributed by atoms with Crippen LogP contribution in [0.15, 0.2) is 72.6 Å². The van der Waals surface area contributed by atoms with Crippen LogP contribution in [0.25, 0.3) is 22.4 Å². The van der Waals surface area contributed by atoms with E-state index in [1.165, 1.54) is 11.3 Å². The van der Waals surface area contributed by atoms with Crippen LogP contribution in [0.5, 0.6) is 0 Å². The molecule has 1 aromatic carbocycles. The number of carbonyl (C=O) groups excluding carboxylic acids is 2. The largest absolute Gasteiger partial charge is 0.350 e. The number of nitrogens with zero attached hydrogens (tertiary/aromatic N) is 3. The van der Waals surface area contributed by atoms with Crippen molar-refractivity contribution < 1.29 is 9.59 Å². The van der Waals surface area contributed by atoms with Gasteiger partial charge < -0.3 is 20.5 Å². The highest BCUT2D eigenvalue weighted by Crippen LogP contribution is 2.28. The molecule has 3 aromatic heterocycles. The van der Waals surface area contributed by atoms with Gasteiger partial charge >= 0.3 is 0 Å². The van der Waals surface area contributed by atoms with Gasteiger partial charge in [0.05, 0.1) is 17.8 Å². The van der Waals surface area contributed by atoms with Gasteiger partial charge in [-0.2, -0.15) is 0 Å². The molecule has 3 N–H and O–H groups in total. The van der Waals surface area contributed by atoms with E-state index in [4.69, 9.17) is 0 Å². The molecular weight excluding hydrogens is 460 g/mol. The second kappa shape index (κ2) is 10.6. The van der Waals surface area contributed by atoms with Crippen molar-refractivity contribution in [3.05, 3.63) is 78.2 Å². The van der Waals surface area contributed by atoms with E-state index in [0.29, 0.717) is 16.7 Å². The summed E-state index contributed by atoms with van der Waals surface area (Å²) in [5.41, 5.74) is 4.45. The summed E-state index contributed by atoms with van der Waals surface area (Å²) in [7, 11) is 0. The Morgan fingerprint density at radius 2 is 1.86 bits per heavy atom. The van der Waals surface area contributed by atoms with Crippen LogP contribution < -0.4 is 16.0 Å². The molecule has 178 valence electrons. The third-order valence-corrected chi connectivity index (χ3v) is 6.80. The maximum absolute atomic E-state index is 12.5. The number of pyridine rings is 1. The lowest BCUT2D eigenvalue weighted by atomic mass is 10.0. The van der Waals surface area contributed by atoms with Gasteiger partial charge in [-0.25, -0.2) is 4.98 Å². The summed E-state index contributed by atoms with van der Waals surface area (Å²) in [5, 5.41) is 11.2. The van der Waals surface area contributed by atoms with Gasteiger partial charge in [-0.3, -0.25) is 14.6 Å². The third kappa shape index (κ3) is 5.64. The van der Waals surface area contributed by atoms with Gasteiger partial charge in [-0.1, -0.05) is 18.2 Å². The van der Waals surface area contributed by atoms with Gasteiger partial charge in [0.2, 0.25) is 5.91 Å². The Kier molecular flexibility index (Phi) is 6.97. The van der Waals surface area contributed by atoms with Gasteiger partial charge in [-0.15, -0.1) is 11.3 Å². The molecule has 0 aliphatic carbocycles. The lowest BCUT2D eigenvalue weighted by molar-refractivity contribution is -0.115. The molecule has 9 heteroatoms. The molecule has 5 rings (SSSR count). The van der Waals surface area contributed by atoms with Crippen LogP contribution in [0.1, 0.15) is 29.2 Å². The van der Waals surface area contributed by atoms with Gasteiger partial charge in [-0.05, 0) is 61.3 Å². The van der Waals surface area contributed by atoms with Crippen LogP contribution in [-0.4, -0.2) is 46.0 Å². The van der Waals surface area contributed by atoms with Crippen LogP contribution in [0.4, 0.5) is 5.13 Å². The molecule has 35 heavy (non-hydrogen) atoms. The van der Waals surface area contributed by atoms with Crippen LogP contribution in [-0.2, 0) is 4.79 Å². The number of rotatable bonds is 7. The SMILES string of the molecule is O=C(CNC(=O)c1ccn(C2CCNCC2)c1)Nc1nc(-c2cccc(-c3ccncc3)c2)cs1. The first-order chi connectivity index (χ1) is 17.2. The van der Waals surface area contributed by atoms with E-state index in [1.54, 1.807) is 18.5 Å². The summed E-state index contributed by atoms with van der Waals surface area (Å²) < 4.78 is 2.09. The number of benzene rings is 1. The summed E-state index contributed by atoms with van der Waals surface area (Å²) in [6.07, 6.45) is 9.41. The summed E-state index contributed by atoms with van der Waals surface area (Å²) in [4.78, 5) is 33.5. The zero-order chi connectivity index (χ0) is 24.0. The number of hydrogen-bond acceptors (Lipinski definition) is 6. The van der Waals surface area contributed by atoms with Crippen molar-refractivity contribution in [1.29, 1.82) is 0 Å². The Morgan fingerprint density at radius 1 is 1.06 bits per heavy atom. The summed E-state index contributed by atoms with van der Waals surface area (Å²) >= 11 is 1.35. The number of anilines is 1. The van der Waals surface area contributed by atoms with E-state index in [-0.39, 0.29) is 18.4 Å². The second-order valence-corrected chi connectivity index (χ2v) is 9.27. The molecule has 0 bridgehead atoms. The van der Waals surface area contributed by atoms with E-state index in [1.807, 2.05) is 48.1 Å². The molecule has 0 radical (unpaired) electrons. The molecule has 1 aliphatic rings. The summed E-state index contributed by atoms with van der Waals surface area (Å²) in [6, 6.07) is 14.2. The molecular formula is C26H26N6O2S. The molecule has 0 spiro atoms. The van der Waals surface area contributed by atoms with Crippen molar-refractivity contribution in [2.24, 2.45) is 0 Å². The first-order valence-electron chi connectivity index (χ1n) is 11.6. The number of aromatic nitrogens is 3. The smallest absolute Gasteiger partial charge is 0.253 e. The monoisotopic (exact) mass is 486 g/mol. The maximum atomic E-state index is 12.5. The molecule has 4 aromatic rings. The molecule has 4 heterocycles. The number of carbonyl (C=O) groups is 2. The predicted octanol–water partition coefficient (Wildman–Crippen LogP) is 3.97. The number of thiazole rings is 1. The first kappa shape index (κ1) is 22.9. The molecule has 1 aliphatic heterocycles. The standard InChI is InChI=1S/C26H26N6O2S/c33-24(15-29-25(34)21-8-13-32(16-21)22-6-11-28-12-7-22)31-26-30-23(17-35-26)20-3-1-2-19(14-20)18-4-9-27-10-5-18/h1-5,8-10,13-14,16-17,22,28H,6-7,11-12,15H2,(H,29,34)(H,30,31,33). The minimum atomic E-state index is -0.317. The quantitative estimate of drug-likeness (QED) is 0.367. The Hall–Kier alpha value is -3.82. The highest BCUT2D eigenvalue weighted by molar-refractivity contribution is 7.14. The number of amides is 2. The van der Waals surface area contributed by atoms with E-state index < -0.39 is 0 Å². The van der Waals surface area contributed by atoms with Gasteiger partial charge in [0, 0.05) is 41.8 Å². The van der Waals surface area contributed by atoms with Gasteiger partial charge in [0.25, 0.3) is 5.91 Å². The van der Waals surface area contributed by atoms with Crippen LogP contribution >= 0.6 is 11.3 Å². The van der Waals surface area contributed by atoms with Crippen LogP contribution in [0.3, 0.4) is 0 Å². The predicted molar refractivity (Wildman–Crippen MR) is 137 cm³/mol. The number of hydrogen-bond donors (Lipinski definition) is 3.